The molecule has 1 atom stereocenters. The Morgan fingerprint density at radius 2 is 2.58 bits per heavy atom. The molecule has 2 rings (SSSR count). The average Bonchev–Trinajstić information content (AvgIpc) is 2.67. The molecule has 6 nitrogen and oxygen atoms in total. The molecule has 0 spiro atoms. The highest BCUT2D eigenvalue weighted by Crippen LogP contribution is 2.13. The third-order valence-corrected chi connectivity index (χ3v) is 4.05. The van der Waals surface area contributed by atoms with E-state index in [0.29, 0.717) is 26.3 Å². The number of aryl methyl sites for hydroxylation is 1. The van der Waals surface area contributed by atoms with Crippen molar-refractivity contribution in [2.75, 3.05) is 45.1 Å². The topological polar surface area (TPSA) is 71.3 Å². The van der Waals surface area contributed by atoms with Crippen LogP contribution in [0.4, 0.5) is 0 Å². The Kier molecular flexibility index (Phi) is 5.65. The van der Waals surface area contributed by atoms with Crippen molar-refractivity contribution in [2.45, 2.75) is 10.8 Å². The number of aliphatic hydroxyl groups is 1. The summed E-state index contributed by atoms with van der Waals surface area (Å²) in [6, 6.07) is 0. The van der Waals surface area contributed by atoms with Crippen LogP contribution >= 0.6 is 11.8 Å². The number of aromatic nitrogens is 2. The van der Waals surface area contributed by atoms with Crippen LogP contribution in [-0.4, -0.2) is 65.4 Å². The minimum Gasteiger partial charge on any atom is -0.385 e. The smallest absolute Gasteiger partial charge is 0.167 e. The molecule has 19 heavy (non-hydrogen) atoms. The number of thioether (sulfide) groups is 1. The number of nitrogens with one attached hydrogen (secondary N) is 2. The molecule has 108 valence electrons. The zero-order valence-electron chi connectivity index (χ0n) is 11.3. The molecule has 1 saturated heterocycles. The zero-order valence-corrected chi connectivity index (χ0v) is 12.1. The van der Waals surface area contributed by atoms with Gasteiger partial charge in [-0.25, -0.2) is 4.98 Å². The van der Waals surface area contributed by atoms with Crippen molar-refractivity contribution >= 4 is 11.8 Å². The third-order valence-electron chi connectivity index (χ3n) is 2.99. The maximum absolute atomic E-state index is 10.3. The van der Waals surface area contributed by atoms with Crippen LogP contribution in [0.1, 0.15) is 0 Å². The van der Waals surface area contributed by atoms with Crippen molar-refractivity contribution in [2.24, 2.45) is 7.05 Å². The van der Waals surface area contributed by atoms with Gasteiger partial charge in [-0.2, -0.15) is 0 Å². The maximum atomic E-state index is 10.3. The van der Waals surface area contributed by atoms with Gasteiger partial charge in [0.05, 0.1) is 13.2 Å². The molecule has 0 amide bonds. The Morgan fingerprint density at radius 1 is 1.68 bits per heavy atom. The molecular weight excluding hydrogens is 264 g/mol. The molecule has 3 N–H and O–H groups in total. The first-order chi connectivity index (χ1) is 9.20. The van der Waals surface area contributed by atoms with Gasteiger partial charge in [0.2, 0.25) is 0 Å². The summed E-state index contributed by atoms with van der Waals surface area (Å²) in [7, 11) is 1.99. The van der Waals surface area contributed by atoms with E-state index in [1.807, 2.05) is 17.8 Å². The highest BCUT2D eigenvalue weighted by Gasteiger charge is 2.28. The Balaban J connectivity index is 1.62. The second-order valence-corrected chi connectivity index (χ2v) is 5.86. The van der Waals surface area contributed by atoms with Gasteiger partial charge in [-0.15, -0.1) is 0 Å². The first kappa shape index (κ1) is 14.8. The molecule has 1 fully saturated rings. The van der Waals surface area contributed by atoms with Crippen LogP contribution in [-0.2, 0) is 11.8 Å². The maximum Gasteiger partial charge on any atom is 0.167 e. The molecule has 0 unspecified atom stereocenters. The van der Waals surface area contributed by atoms with Crippen molar-refractivity contribution in [1.82, 2.24) is 20.2 Å². The SMILES string of the molecule is Cn1ccnc1SCCNC[C@]1(O)CNCCOC1. The van der Waals surface area contributed by atoms with Crippen LogP contribution in [0.15, 0.2) is 17.6 Å². The fourth-order valence-corrected chi connectivity index (χ4v) is 2.75. The molecule has 2 heterocycles. The van der Waals surface area contributed by atoms with Gasteiger partial charge in [0.15, 0.2) is 5.16 Å². The van der Waals surface area contributed by atoms with E-state index in [1.165, 1.54) is 0 Å². The molecular formula is C12H22N4O2S. The average molecular weight is 286 g/mol. The Labute approximate surface area is 117 Å². The van der Waals surface area contributed by atoms with Gasteiger partial charge in [0, 0.05) is 51.4 Å². The summed E-state index contributed by atoms with van der Waals surface area (Å²) in [5, 5.41) is 17.8. The molecule has 7 heteroatoms. The van der Waals surface area contributed by atoms with Crippen LogP contribution in [0.25, 0.3) is 0 Å². The summed E-state index contributed by atoms with van der Waals surface area (Å²) in [4.78, 5) is 4.25. The highest BCUT2D eigenvalue weighted by atomic mass is 32.2. The third kappa shape index (κ3) is 4.77. The van der Waals surface area contributed by atoms with Crippen LogP contribution in [0.2, 0.25) is 0 Å². The van der Waals surface area contributed by atoms with Crippen molar-refractivity contribution in [1.29, 1.82) is 0 Å². The minimum absolute atomic E-state index is 0.388. The summed E-state index contributed by atoms with van der Waals surface area (Å²) in [5.74, 6) is 0.926. The van der Waals surface area contributed by atoms with Gasteiger partial charge >= 0.3 is 0 Å². The van der Waals surface area contributed by atoms with Gasteiger partial charge < -0.3 is 25.0 Å². The number of β-amino-alcohol motifs (C(OH)–C–C–N with tert-alkyl or cyclic N) is 1. The van der Waals surface area contributed by atoms with Crippen molar-refractivity contribution in [3.05, 3.63) is 12.4 Å². The lowest BCUT2D eigenvalue weighted by Crippen LogP contribution is -2.50. The van der Waals surface area contributed by atoms with E-state index in [-0.39, 0.29) is 0 Å². The quantitative estimate of drug-likeness (QED) is 0.482. The largest absolute Gasteiger partial charge is 0.385 e. The molecule has 0 saturated carbocycles. The van der Waals surface area contributed by atoms with Crippen LogP contribution < -0.4 is 10.6 Å². The summed E-state index contributed by atoms with van der Waals surface area (Å²) in [6.45, 7) is 3.81. The molecule has 1 aromatic rings. The fourth-order valence-electron chi connectivity index (χ4n) is 1.92. The lowest BCUT2D eigenvalue weighted by molar-refractivity contribution is -0.0258. The van der Waals surface area contributed by atoms with E-state index in [9.17, 15) is 5.11 Å². The number of rotatable bonds is 6. The first-order valence-corrected chi connectivity index (χ1v) is 7.50. The summed E-state index contributed by atoms with van der Waals surface area (Å²) in [6.07, 6.45) is 3.74. The molecule has 1 aromatic heterocycles. The Bertz CT molecular complexity index is 378. The lowest BCUT2D eigenvalue weighted by Gasteiger charge is -2.26. The second kappa shape index (κ2) is 7.25. The van der Waals surface area contributed by atoms with Crippen LogP contribution in [0.5, 0.6) is 0 Å². The standard InChI is InChI=1S/C12H22N4O2S/c1-16-5-2-15-11(16)19-7-4-14-9-12(17)8-13-3-6-18-10-12/h2,5,13-14,17H,3-4,6-10H2,1H3/t12-/m1/s1. The minimum atomic E-state index is -0.801. The molecule has 1 aliphatic heterocycles. The van der Waals surface area contributed by atoms with E-state index >= 15 is 0 Å². The van der Waals surface area contributed by atoms with Gasteiger partial charge in [-0.1, -0.05) is 11.8 Å². The van der Waals surface area contributed by atoms with Gasteiger partial charge in [-0.05, 0) is 0 Å². The zero-order chi connectivity index (χ0) is 13.6. The number of ether oxygens (including phenoxy) is 1. The van der Waals surface area contributed by atoms with Gasteiger partial charge in [0.1, 0.15) is 5.60 Å². The Hall–Kier alpha value is -0.600. The molecule has 0 aromatic carbocycles. The number of hydrogen-bond donors (Lipinski definition) is 3. The van der Waals surface area contributed by atoms with Crippen molar-refractivity contribution in [3.63, 3.8) is 0 Å². The van der Waals surface area contributed by atoms with E-state index in [2.05, 4.69) is 15.6 Å². The summed E-state index contributed by atoms with van der Waals surface area (Å²) < 4.78 is 7.37. The molecule has 1 aliphatic rings. The fraction of sp³-hybridized carbons (Fsp3) is 0.750. The van der Waals surface area contributed by atoms with E-state index in [4.69, 9.17) is 4.74 Å². The van der Waals surface area contributed by atoms with E-state index in [1.54, 1.807) is 18.0 Å². The monoisotopic (exact) mass is 286 g/mol. The predicted octanol–water partition coefficient (Wildman–Crippen LogP) is -0.547. The summed E-state index contributed by atoms with van der Waals surface area (Å²) >= 11 is 1.70. The number of hydrogen-bond acceptors (Lipinski definition) is 6. The molecule has 0 aliphatic carbocycles. The Morgan fingerprint density at radius 3 is 3.37 bits per heavy atom. The second-order valence-electron chi connectivity index (χ2n) is 4.80. The van der Waals surface area contributed by atoms with E-state index in [0.717, 1.165) is 24.0 Å². The molecule has 0 bridgehead atoms. The normalized spacial score (nSPS) is 24.3. The lowest BCUT2D eigenvalue weighted by atomic mass is 10.1. The van der Waals surface area contributed by atoms with Crippen LogP contribution in [0.3, 0.4) is 0 Å². The van der Waals surface area contributed by atoms with Gasteiger partial charge in [0.25, 0.3) is 0 Å². The van der Waals surface area contributed by atoms with Crippen molar-refractivity contribution in [3.8, 4) is 0 Å². The number of imidazole rings is 1. The van der Waals surface area contributed by atoms with Crippen LogP contribution in [0, 0.1) is 0 Å². The van der Waals surface area contributed by atoms with E-state index < -0.39 is 5.60 Å². The number of nitrogens with zero attached hydrogens (tertiary/aromatic N) is 2. The first-order valence-electron chi connectivity index (χ1n) is 6.51. The van der Waals surface area contributed by atoms with Crippen molar-refractivity contribution < 1.29 is 9.84 Å². The van der Waals surface area contributed by atoms with Gasteiger partial charge in [-0.3, -0.25) is 0 Å². The molecule has 0 radical (unpaired) electrons. The highest BCUT2D eigenvalue weighted by molar-refractivity contribution is 7.99. The predicted molar refractivity (Wildman–Crippen MR) is 75.4 cm³/mol. The summed E-state index contributed by atoms with van der Waals surface area (Å²) in [5.41, 5.74) is -0.801.